The van der Waals surface area contributed by atoms with Gasteiger partial charge in [0.1, 0.15) is 0 Å². The molecule has 3 aromatic heterocycles. The van der Waals surface area contributed by atoms with Gasteiger partial charge in [0.15, 0.2) is 10.7 Å². The zero-order valence-electron chi connectivity index (χ0n) is 13.5. The van der Waals surface area contributed by atoms with E-state index in [0.717, 1.165) is 27.7 Å². The van der Waals surface area contributed by atoms with Crippen molar-refractivity contribution in [3.8, 4) is 6.07 Å². The molecule has 0 amide bonds. The largest absolute Gasteiger partial charge is 0.435 e. The third-order valence-corrected chi connectivity index (χ3v) is 5.32. The van der Waals surface area contributed by atoms with Crippen molar-refractivity contribution >= 4 is 16.3 Å². The Kier molecular flexibility index (Phi) is 3.66. The standard InChI is InChI=1S/C16H12F3N5OS/c1-8-14(11-4-9(11)6-20)24-13(25)5-10(21-15(24)26-8)7-23-3-2-12(22-23)16(17,18)19/h2-3,5,9,11H,4,7H2,1H3/t9-,11-/m0/s1. The molecule has 1 saturated carbocycles. The van der Waals surface area contributed by atoms with E-state index in [4.69, 9.17) is 5.26 Å². The molecule has 1 fully saturated rings. The average Bonchev–Trinajstić information content (AvgIpc) is 3.01. The Morgan fingerprint density at radius 2 is 2.23 bits per heavy atom. The Balaban J connectivity index is 1.69. The first-order valence-electron chi connectivity index (χ1n) is 7.80. The SMILES string of the molecule is Cc1sc2nc(Cn3ccc(C(F)(F)F)n3)cc(=O)n2c1[C@H]1C[C@H]1C#N. The van der Waals surface area contributed by atoms with Crippen LogP contribution in [0.1, 0.15) is 34.3 Å². The van der Waals surface area contributed by atoms with Gasteiger partial charge in [0.25, 0.3) is 5.56 Å². The van der Waals surface area contributed by atoms with Crippen molar-refractivity contribution in [2.45, 2.75) is 32.0 Å². The highest BCUT2D eigenvalue weighted by Gasteiger charge is 2.42. The Hall–Kier alpha value is -2.67. The highest BCUT2D eigenvalue weighted by molar-refractivity contribution is 7.17. The fourth-order valence-corrected chi connectivity index (χ4v) is 4.12. The van der Waals surface area contributed by atoms with Gasteiger partial charge in [-0.25, -0.2) is 4.98 Å². The van der Waals surface area contributed by atoms with Crippen LogP contribution in [0.3, 0.4) is 0 Å². The molecule has 10 heteroatoms. The molecule has 0 aromatic carbocycles. The van der Waals surface area contributed by atoms with E-state index < -0.39 is 11.9 Å². The molecule has 1 aliphatic rings. The second-order valence-corrected chi connectivity index (χ2v) is 7.40. The maximum Gasteiger partial charge on any atom is 0.435 e. The van der Waals surface area contributed by atoms with Crippen LogP contribution in [-0.2, 0) is 12.7 Å². The van der Waals surface area contributed by atoms with Gasteiger partial charge >= 0.3 is 6.18 Å². The van der Waals surface area contributed by atoms with Crippen LogP contribution in [0.4, 0.5) is 13.2 Å². The molecule has 3 heterocycles. The minimum Gasteiger partial charge on any atom is -0.269 e. The van der Waals surface area contributed by atoms with Crippen LogP contribution >= 0.6 is 11.3 Å². The van der Waals surface area contributed by atoms with Crippen LogP contribution in [0, 0.1) is 24.2 Å². The molecule has 26 heavy (non-hydrogen) atoms. The number of nitriles is 1. The number of fused-ring (bicyclic) bond motifs is 1. The fraction of sp³-hybridized carbons (Fsp3) is 0.375. The van der Waals surface area contributed by atoms with Crippen LogP contribution in [0.5, 0.6) is 0 Å². The Morgan fingerprint density at radius 1 is 1.46 bits per heavy atom. The summed E-state index contributed by atoms with van der Waals surface area (Å²) in [5.41, 5.74) is -0.122. The predicted molar refractivity (Wildman–Crippen MR) is 86.9 cm³/mol. The number of alkyl halides is 3. The normalized spacial score (nSPS) is 19.7. The summed E-state index contributed by atoms with van der Waals surface area (Å²) < 4.78 is 40.5. The Morgan fingerprint density at radius 3 is 2.85 bits per heavy atom. The highest BCUT2D eigenvalue weighted by Crippen LogP contribution is 2.48. The molecule has 0 N–H and O–H groups in total. The van der Waals surface area contributed by atoms with Crippen LogP contribution in [0.2, 0.25) is 0 Å². The topological polar surface area (TPSA) is 76.0 Å². The first kappa shape index (κ1) is 16.8. The van der Waals surface area contributed by atoms with E-state index in [1.54, 1.807) is 0 Å². The molecule has 1 aliphatic carbocycles. The molecular formula is C16H12F3N5OS. The molecule has 0 aliphatic heterocycles. The number of nitrogens with zero attached hydrogens (tertiary/aromatic N) is 5. The van der Waals surface area contributed by atoms with Crippen LogP contribution in [-0.4, -0.2) is 19.2 Å². The van der Waals surface area contributed by atoms with Crippen molar-refractivity contribution in [3.05, 3.63) is 50.6 Å². The van der Waals surface area contributed by atoms with Gasteiger partial charge in [-0.3, -0.25) is 13.9 Å². The second-order valence-electron chi connectivity index (χ2n) is 6.22. The summed E-state index contributed by atoms with van der Waals surface area (Å²) in [5.74, 6) is -0.0394. The monoisotopic (exact) mass is 379 g/mol. The number of hydrogen-bond acceptors (Lipinski definition) is 5. The van der Waals surface area contributed by atoms with Gasteiger partial charge in [-0.1, -0.05) is 0 Å². The van der Waals surface area contributed by atoms with Gasteiger partial charge in [-0.2, -0.15) is 23.5 Å². The predicted octanol–water partition coefficient (Wildman–Crippen LogP) is 2.96. The second kappa shape index (κ2) is 5.67. The van der Waals surface area contributed by atoms with Crippen molar-refractivity contribution in [3.63, 3.8) is 0 Å². The molecular weight excluding hydrogens is 367 g/mol. The summed E-state index contributed by atoms with van der Waals surface area (Å²) in [5, 5.41) is 12.5. The first-order chi connectivity index (χ1) is 12.3. The molecule has 134 valence electrons. The van der Waals surface area contributed by atoms with E-state index in [1.165, 1.54) is 28.0 Å². The van der Waals surface area contributed by atoms with E-state index in [0.29, 0.717) is 10.7 Å². The van der Waals surface area contributed by atoms with Gasteiger partial charge < -0.3 is 0 Å². The minimum absolute atomic E-state index is 0.0294. The van der Waals surface area contributed by atoms with Gasteiger partial charge in [0.2, 0.25) is 0 Å². The van der Waals surface area contributed by atoms with Gasteiger partial charge in [0.05, 0.1) is 24.2 Å². The molecule has 4 rings (SSSR count). The lowest BCUT2D eigenvalue weighted by Gasteiger charge is -2.04. The first-order valence-corrected chi connectivity index (χ1v) is 8.62. The third-order valence-electron chi connectivity index (χ3n) is 4.35. The maximum absolute atomic E-state index is 12.6. The molecule has 0 unspecified atom stereocenters. The Labute approximate surface area is 149 Å². The lowest BCUT2D eigenvalue weighted by atomic mass is 10.2. The number of thiazole rings is 1. The van der Waals surface area contributed by atoms with E-state index >= 15 is 0 Å². The Bertz CT molecular complexity index is 1100. The summed E-state index contributed by atoms with van der Waals surface area (Å²) in [7, 11) is 0. The van der Waals surface area contributed by atoms with E-state index in [2.05, 4.69) is 16.2 Å². The summed E-state index contributed by atoms with van der Waals surface area (Å²) in [6, 6.07) is 4.40. The lowest BCUT2D eigenvalue weighted by molar-refractivity contribution is -0.141. The van der Waals surface area contributed by atoms with Crippen LogP contribution in [0.25, 0.3) is 4.96 Å². The molecule has 0 radical (unpaired) electrons. The van der Waals surface area contributed by atoms with Gasteiger partial charge in [-0.05, 0) is 19.4 Å². The minimum atomic E-state index is -4.51. The van der Waals surface area contributed by atoms with E-state index in [1.807, 2.05) is 6.92 Å². The number of aromatic nitrogens is 4. The average molecular weight is 379 g/mol. The van der Waals surface area contributed by atoms with Crippen LogP contribution < -0.4 is 5.56 Å². The third kappa shape index (κ3) is 2.78. The van der Waals surface area contributed by atoms with Crippen molar-refractivity contribution in [1.29, 1.82) is 5.26 Å². The zero-order valence-corrected chi connectivity index (χ0v) is 14.3. The molecule has 2 atom stereocenters. The molecule has 6 nitrogen and oxygen atoms in total. The summed E-state index contributed by atoms with van der Waals surface area (Å²) in [4.78, 5) is 18.4. The molecule has 3 aromatic rings. The summed E-state index contributed by atoms with van der Waals surface area (Å²) in [6.45, 7) is 1.85. The zero-order chi connectivity index (χ0) is 18.6. The fourth-order valence-electron chi connectivity index (χ4n) is 3.06. The number of aryl methyl sites for hydroxylation is 1. The number of rotatable bonds is 3. The summed E-state index contributed by atoms with van der Waals surface area (Å²) >= 11 is 1.34. The smallest absolute Gasteiger partial charge is 0.269 e. The lowest BCUT2D eigenvalue weighted by Crippen LogP contribution is -2.18. The van der Waals surface area contributed by atoms with Gasteiger partial charge in [0, 0.05) is 28.8 Å². The molecule has 0 bridgehead atoms. The van der Waals surface area contributed by atoms with E-state index in [9.17, 15) is 18.0 Å². The molecule has 0 spiro atoms. The van der Waals surface area contributed by atoms with Crippen molar-refractivity contribution in [2.24, 2.45) is 5.92 Å². The molecule has 0 saturated heterocycles. The van der Waals surface area contributed by atoms with Crippen molar-refractivity contribution in [1.82, 2.24) is 19.2 Å². The maximum atomic E-state index is 12.6. The van der Waals surface area contributed by atoms with Crippen LogP contribution in [0.15, 0.2) is 23.1 Å². The van der Waals surface area contributed by atoms with Gasteiger partial charge in [-0.15, -0.1) is 11.3 Å². The van der Waals surface area contributed by atoms with Crippen molar-refractivity contribution < 1.29 is 13.2 Å². The summed E-state index contributed by atoms with van der Waals surface area (Å²) in [6.07, 6.45) is -2.58. The van der Waals surface area contributed by atoms with Crippen molar-refractivity contribution in [2.75, 3.05) is 0 Å². The quantitative estimate of drug-likeness (QED) is 0.701. The van der Waals surface area contributed by atoms with E-state index in [-0.39, 0.29) is 23.9 Å². The number of hydrogen-bond donors (Lipinski definition) is 0. The number of halogens is 3. The highest BCUT2D eigenvalue weighted by atomic mass is 32.1.